The highest BCUT2D eigenvalue weighted by atomic mass is 31.2. The Morgan fingerprint density at radius 2 is 0.531 bits per heavy atom. The van der Waals surface area contributed by atoms with Crippen molar-refractivity contribution in [3.63, 3.8) is 0 Å². The van der Waals surface area contributed by atoms with Gasteiger partial charge in [0.05, 0.1) is 26.4 Å². The van der Waals surface area contributed by atoms with Crippen molar-refractivity contribution >= 4 is 39.5 Å². The number of ether oxygens (including phenoxy) is 4. The van der Waals surface area contributed by atoms with Crippen molar-refractivity contribution in [3.8, 4) is 0 Å². The van der Waals surface area contributed by atoms with Crippen LogP contribution in [0.1, 0.15) is 395 Å². The molecule has 0 radical (unpaired) electrons. The van der Waals surface area contributed by atoms with Crippen molar-refractivity contribution in [2.45, 2.75) is 414 Å². The Morgan fingerprint density at radius 1 is 0.302 bits per heavy atom. The zero-order valence-electron chi connectivity index (χ0n) is 62.8. The molecule has 96 heavy (non-hydrogen) atoms. The molecule has 0 aromatic rings. The van der Waals surface area contributed by atoms with Gasteiger partial charge in [0.25, 0.3) is 0 Å². The fourth-order valence-corrected chi connectivity index (χ4v) is 13.3. The summed E-state index contributed by atoms with van der Waals surface area (Å²) in [5.41, 5.74) is 0. The second-order valence-electron chi connectivity index (χ2n) is 28.9. The molecule has 0 heterocycles. The van der Waals surface area contributed by atoms with Gasteiger partial charge in [0.15, 0.2) is 12.2 Å². The Balaban J connectivity index is 5.24. The Labute approximate surface area is 588 Å². The molecule has 3 unspecified atom stereocenters. The van der Waals surface area contributed by atoms with Gasteiger partial charge in [-0.25, -0.2) is 9.13 Å². The van der Waals surface area contributed by atoms with E-state index >= 15 is 0 Å². The van der Waals surface area contributed by atoms with Crippen LogP contribution in [-0.4, -0.2) is 96.7 Å². The lowest BCUT2D eigenvalue weighted by molar-refractivity contribution is -0.161. The minimum atomic E-state index is -4.96. The van der Waals surface area contributed by atoms with Crippen molar-refractivity contribution in [1.82, 2.24) is 0 Å². The maximum Gasteiger partial charge on any atom is 0.472 e. The van der Waals surface area contributed by atoms with Gasteiger partial charge in [-0.1, -0.05) is 344 Å². The molecular weight excluding hydrogens is 1260 g/mol. The molecule has 0 aromatic carbocycles. The molecule has 0 aliphatic rings. The van der Waals surface area contributed by atoms with Crippen LogP contribution in [0, 0.1) is 17.8 Å². The van der Waals surface area contributed by atoms with Crippen LogP contribution in [0.5, 0.6) is 0 Å². The number of rotatable bonds is 75. The van der Waals surface area contributed by atoms with Gasteiger partial charge in [-0.15, -0.1) is 0 Å². The van der Waals surface area contributed by atoms with Crippen molar-refractivity contribution in [3.05, 3.63) is 0 Å². The molecule has 570 valence electrons. The fraction of sp³-hybridized carbons (Fsp3) is 0.948. The lowest BCUT2D eigenvalue weighted by Crippen LogP contribution is -2.30. The van der Waals surface area contributed by atoms with Gasteiger partial charge in [-0.2, -0.15) is 0 Å². The summed E-state index contributed by atoms with van der Waals surface area (Å²) in [6, 6.07) is 0. The van der Waals surface area contributed by atoms with E-state index in [-0.39, 0.29) is 25.7 Å². The fourth-order valence-electron chi connectivity index (χ4n) is 11.7. The summed E-state index contributed by atoms with van der Waals surface area (Å²) in [7, 11) is -9.91. The van der Waals surface area contributed by atoms with Gasteiger partial charge < -0.3 is 33.8 Å². The van der Waals surface area contributed by atoms with E-state index in [0.717, 1.165) is 108 Å². The Bertz CT molecular complexity index is 1870. The van der Waals surface area contributed by atoms with Crippen LogP contribution in [0.4, 0.5) is 0 Å². The van der Waals surface area contributed by atoms with Gasteiger partial charge in [0, 0.05) is 25.7 Å². The summed E-state index contributed by atoms with van der Waals surface area (Å²) < 4.78 is 68.5. The number of carbonyl (C=O) groups excluding carboxylic acids is 4. The minimum Gasteiger partial charge on any atom is -0.462 e. The first-order chi connectivity index (χ1) is 46.3. The molecule has 19 heteroatoms. The summed E-state index contributed by atoms with van der Waals surface area (Å²) in [4.78, 5) is 72.8. The summed E-state index contributed by atoms with van der Waals surface area (Å²) in [6.07, 6.45) is 54.0. The van der Waals surface area contributed by atoms with Crippen molar-refractivity contribution < 1.29 is 80.2 Å². The highest BCUT2D eigenvalue weighted by molar-refractivity contribution is 7.47. The Morgan fingerprint density at radius 3 is 0.792 bits per heavy atom. The molecule has 0 fully saturated rings. The Hall–Kier alpha value is -1.94. The van der Waals surface area contributed by atoms with Gasteiger partial charge in [-0.05, 0) is 43.4 Å². The second kappa shape index (κ2) is 67.5. The average Bonchev–Trinajstić information content (AvgIpc) is 1.27. The molecule has 3 N–H and O–H groups in total. The zero-order chi connectivity index (χ0) is 70.9. The van der Waals surface area contributed by atoms with Crippen molar-refractivity contribution in [2.24, 2.45) is 17.8 Å². The number of phosphoric ester groups is 2. The summed E-state index contributed by atoms with van der Waals surface area (Å²) >= 11 is 0. The topological polar surface area (TPSA) is 237 Å². The number of unbranched alkanes of at least 4 members (excludes halogenated alkanes) is 42. The van der Waals surface area contributed by atoms with Gasteiger partial charge in [-0.3, -0.25) is 37.3 Å². The van der Waals surface area contributed by atoms with E-state index in [2.05, 4.69) is 48.5 Å². The monoisotopic (exact) mass is 1410 g/mol. The summed E-state index contributed by atoms with van der Waals surface area (Å²) in [5.74, 6) is 0.271. The highest BCUT2D eigenvalue weighted by Crippen LogP contribution is 2.45. The maximum absolute atomic E-state index is 13.1. The average molecular weight is 1410 g/mol. The summed E-state index contributed by atoms with van der Waals surface area (Å²) in [6.45, 7) is 12.0. The third-order valence-electron chi connectivity index (χ3n) is 18.2. The van der Waals surface area contributed by atoms with Crippen LogP contribution in [0.25, 0.3) is 0 Å². The molecule has 17 nitrogen and oxygen atoms in total. The second-order valence-corrected chi connectivity index (χ2v) is 31.8. The van der Waals surface area contributed by atoms with E-state index in [1.54, 1.807) is 0 Å². The number of esters is 4. The SMILES string of the molecule is CCCCCCCCCCCC(=O)OC[C@H](COP(=O)(O)OC[C@H](O)COP(=O)(O)OC[C@@H](COC(=O)CCCCCCCCCCCCCCC(C)C)OC(=O)CCCCCCCCCCCCCCCCCC(C)C)OC(=O)CCCCCCCCCCCCC(C)CC. The number of hydrogen-bond acceptors (Lipinski definition) is 15. The van der Waals surface area contributed by atoms with Crippen LogP contribution in [0.3, 0.4) is 0 Å². The third kappa shape index (κ3) is 69.2. The quantitative estimate of drug-likeness (QED) is 0.0222. The molecule has 0 aliphatic carbocycles. The van der Waals surface area contributed by atoms with E-state index < -0.39 is 97.5 Å². The predicted octanol–water partition coefficient (Wildman–Crippen LogP) is 22.6. The van der Waals surface area contributed by atoms with E-state index in [9.17, 15) is 43.2 Å². The molecule has 0 amide bonds. The maximum atomic E-state index is 13.1. The first-order valence-electron chi connectivity index (χ1n) is 39.9. The lowest BCUT2D eigenvalue weighted by Gasteiger charge is -2.21. The zero-order valence-corrected chi connectivity index (χ0v) is 64.6. The van der Waals surface area contributed by atoms with E-state index in [0.29, 0.717) is 25.7 Å². The van der Waals surface area contributed by atoms with Crippen LogP contribution >= 0.6 is 15.6 Å². The first-order valence-corrected chi connectivity index (χ1v) is 42.9. The normalized spacial score (nSPS) is 14.3. The van der Waals surface area contributed by atoms with Crippen LogP contribution in [0.15, 0.2) is 0 Å². The third-order valence-corrected chi connectivity index (χ3v) is 20.1. The number of carbonyl (C=O) groups is 4. The largest absolute Gasteiger partial charge is 0.472 e. The van der Waals surface area contributed by atoms with Crippen LogP contribution in [0.2, 0.25) is 0 Å². The predicted molar refractivity (Wildman–Crippen MR) is 391 cm³/mol. The number of aliphatic hydroxyl groups is 1. The first kappa shape index (κ1) is 94.1. The Kier molecular flexibility index (Phi) is 66.2. The number of phosphoric acid groups is 2. The molecule has 0 aliphatic heterocycles. The van der Waals surface area contributed by atoms with Crippen LogP contribution < -0.4 is 0 Å². The molecule has 0 saturated carbocycles. The molecule has 0 spiro atoms. The number of hydrogen-bond donors (Lipinski definition) is 3. The molecule has 6 atom stereocenters. The lowest BCUT2D eigenvalue weighted by atomic mass is 9.99. The van der Waals surface area contributed by atoms with Crippen LogP contribution in [-0.2, 0) is 65.4 Å². The summed E-state index contributed by atoms with van der Waals surface area (Å²) in [5, 5.41) is 10.6. The molecule has 0 rings (SSSR count). The highest BCUT2D eigenvalue weighted by Gasteiger charge is 2.30. The minimum absolute atomic E-state index is 0.106. The van der Waals surface area contributed by atoms with Gasteiger partial charge in [0.2, 0.25) is 0 Å². The van der Waals surface area contributed by atoms with Gasteiger partial charge >= 0.3 is 39.5 Å². The van der Waals surface area contributed by atoms with E-state index in [1.807, 2.05) is 0 Å². The smallest absolute Gasteiger partial charge is 0.462 e. The molecule has 0 aromatic heterocycles. The van der Waals surface area contributed by atoms with Gasteiger partial charge in [0.1, 0.15) is 19.3 Å². The molecule has 0 saturated heterocycles. The van der Waals surface area contributed by atoms with E-state index in [1.165, 1.54) is 205 Å². The standard InChI is InChI=1S/C77H150O17P2/c1-8-10-11-12-13-27-37-44-51-58-74(79)87-64-72(94-77(82)61-54-47-40-33-26-25-30-36-43-50-57-70(7)9-2)66-91-95(83,84)89-62-71(78)63-90-96(85,86)92-67-73(65-88-75(80)59-52-45-38-31-23-20-19-22-29-35-42-49-56-69(5)6)93-76(81)60-53-46-39-32-24-18-16-14-15-17-21-28-34-41-48-55-68(3)4/h68-73,78H,8-67H2,1-7H3,(H,83,84)(H,85,86)/t70?,71-,72+,73+/m0/s1. The number of aliphatic hydroxyl groups excluding tert-OH is 1. The van der Waals surface area contributed by atoms with E-state index in [4.69, 9.17) is 37.0 Å². The van der Waals surface area contributed by atoms with Crippen molar-refractivity contribution in [1.29, 1.82) is 0 Å². The molecule has 0 bridgehead atoms. The van der Waals surface area contributed by atoms with Crippen molar-refractivity contribution in [2.75, 3.05) is 39.6 Å². The molecular formula is C77H150O17P2.